The quantitative estimate of drug-likeness (QED) is 0.871. The highest BCUT2D eigenvalue weighted by Crippen LogP contribution is 2.38. The molecule has 0 spiro atoms. The highest BCUT2D eigenvalue weighted by Gasteiger charge is 2.30. The molecule has 4 heteroatoms. The van der Waals surface area contributed by atoms with Gasteiger partial charge in [0.2, 0.25) is 0 Å². The van der Waals surface area contributed by atoms with Gasteiger partial charge in [0.25, 0.3) is 0 Å². The number of hydrogen-bond donors (Lipinski definition) is 1. The number of methoxy groups -OCH3 is 1. The first-order valence-electron chi connectivity index (χ1n) is 5.69. The summed E-state index contributed by atoms with van der Waals surface area (Å²) in [6, 6.07) is 4.04. The van der Waals surface area contributed by atoms with E-state index in [2.05, 4.69) is 28.9 Å². The van der Waals surface area contributed by atoms with Gasteiger partial charge in [0, 0.05) is 17.3 Å². The van der Waals surface area contributed by atoms with Crippen LogP contribution in [0.5, 0.6) is 5.75 Å². The van der Waals surface area contributed by atoms with Crippen LogP contribution in [0.3, 0.4) is 0 Å². The lowest BCUT2D eigenvalue weighted by atomic mass is 9.90. The van der Waals surface area contributed by atoms with E-state index in [0.29, 0.717) is 6.42 Å². The molecule has 1 aliphatic heterocycles. The first-order chi connectivity index (χ1) is 8.21. The van der Waals surface area contributed by atoms with Crippen LogP contribution in [0.25, 0.3) is 0 Å². The molecule has 1 aliphatic rings. The fourth-order valence-electron chi connectivity index (χ4n) is 2.41. The molecular weight excluding hydrogens is 284 g/mol. The Morgan fingerprint density at radius 2 is 2.29 bits per heavy atom. The predicted molar refractivity (Wildman–Crippen MR) is 69.9 cm³/mol. The third kappa shape index (κ3) is 2.34. The predicted octanol–water partition coefficient (Wildman–Crippen LogP) is 2.37. The van der Waals surface area contributed by atoms with E-state index in [1.807, 2.05) is 6.07 Å². The van der Waals surface area contributed by atoms with Gasteiger partial charge >= 0.3 is 0 Å². The molecule has 0 saturated heterocycles. The molecule has 0 amide bonds. The lowest BCUT2D eigenvalue weighted by Gasteiger charge is -2.32. The van der Waals surface area contributed by atoms with Crippen LogP contribution < -0.4 is 4.74 Å². The van der Waals surface area contributed by atoms with Crippen molar-refractivity contribution in [2.24, 2.45) is 0 Å². The number of aryl methyl sites for hydroxylation is 1. The average Bonchev–Trinajstić information content (AvgIpc) is 2.37. The lowest BCUT2D eigenvalue weighted by molar-refractivity contribution is -0.0406. The number of aliphatic hydroxyl groups excluding tert-OH is 1. The van der Waals surface area contributed by atoms with Crippen LogP contribution in [0.4, 0.5) is 0 Å². The van der Waals surface area contributed by atoms with E-state index in [1.165, 1.54) is 16.7 Å². The summed E-state index contributed by atoms with van der Waals surface area (Å²) in [5, 5.41) is 10.0. The molecule has 1 heterocycles. The summed E-state index contributed by atoms with van der Waals surface area (Å²) in [6.07, 6.45) is 0.562. The molecule has 0 aromatic heterocycles. The molecule has 1 N–H and O–H groups in total. The zero-order valence-corrected chi connectivity index (χ0v) is 11.7. The molecule has 17 heavy (non-hydrogen) atoms. The molecule has 0 unspecified atom stereocenters. The molecule has 94 valence electrons. The second-order valence-corrected chi connectivity index (χ2v) is 4.91. The van der Waals surface area contributed by atoms with Crippen LogP contribution in [0.1, 0.15) is 22.8 Å². The lowest BCUT2D eigenvalue weighted by Crippen LogP contribution is -2.30. The zero-order valence-electron chi connectivity index (χ0n) is 10.1. The number of benzene rings is 1. The van der Waals surface area contributed by atoms with Crippen molar-refractivity contribution in [3.05, 3.63) is 28.8 Å². The van der Waals surface area contributed by atoms with Gasteiger partial charge in [-0.1, -0.05) is 22.0 Å². The van der Waals surface area contributed by atoms with Gasteiger partial charge in [0.15, 0.2) is 0 Å². The van der Waals surface area contributed by atoms with E-state index in [1.54, 1.807) is 7.11 Å². The maximum absolute atomic E-state index is 9.28. The Kier molecular flexibility index (Phi) is 4.07. The fraction of sp³-hybridized carbons (Fsp3) is 0.538. The van der Waals surface area contributed by atoms with Crippen molar-refractivity contribution in [1.82, 2.24) is 0 Å². The Balaban J connectivity index is 2.50. The number of hydrogen-bond acceptors (Lipinski definition) is 3. The third-order valence-corrected chi connectivity index (χ3v) is 3.79. The van der Waals surface area contributed by atoms with Crippen molar-refractivity contribution in [1.29, 1.82) is 0 Å². The van der Waals surface area contributed by atoms with E-state index in [0.717, 1.165) is 11.1 Å². The van der Waals surface area contributed by atoms with E-state index in [-0.39, 0.29) is 18.8 Å². The number of halogens is 1. The second-order valence-electron chi connectivity index (χ2n) is 4.26. The van der Waals surface area contributed by atoms with Gasteiger partial charge in [0.1, 0.15) is 5.75 Å². The first kappa shape index (κ1) is 12.9. The maximum Gasteiger partial charge on any atom is 0.122 e. The maximum atomic E-state index is 9.28. The summed E-state index contributed by atoms with van der Waals surface area (Å²) in [7, 11) is 1.68. The van der Waals surface area contributed by atoms with Crippen LogP contribution >= 0.6 is 15.9 Å². The second kappa shape index (κ2) is 5.38. The highest BCUT2D eigenvalue weighted by molar-refractivity contribution is 9.09. The summed E-state index contributed by atoms with van der Waals surface area (Å²) in [5.74, 6) is 0.887. The summed E-state index contributed by atoms with van der Waals surface area (Å²) in [5.41, 5.74) is 3.58. The van der Waals surface area contributed by atoms with E-state index >= 15 is 0 Å². The Bertz CT molecular complexity index is 406. The number of ether oxygens (including phenoxy) is 2. The number of alkyl halides is 1. The SMILES string of the molecule is COc1ccc(C)c2c1C[C@@H](CO)O[C@H]2CBr. The fourth-order valence-corrected chi connectivity index (χ4v) is 2.89. The van der Waals surface area contributed by atoms with Crippen molar-refractivity contribution < 1.29 is 14.6 Å². The van der Waals surface area contributed by atoms with Crippen molar-refractivity contribution in [3.63, 3.8) is 0 Å². The summed E-state index contributed by atoms with van der Waals surface area (Å²) < 4.78 is 11.2. The Morgan fingerprint density at radius 1 is 1.53 bits per heavy atom. The molecular formula is C13H17BrO3. The smallest absolute Gasteiger partial charge is 0.122 e. The Labute approximate surface area is 110 Å². The molecule has 2 rings (SSSR count). The first-order valence-corrected chi connectivity index (χ1v) is 6.82. The van der Waals surface area contributed by atoms with Crippen LogP contribution in [0, 0.1) is 6.92 Å². The number of aliphatic hydroxyl groups is 1. The molecule has 0 fully saturated rings. The van der Waals surface area contributed by atoms with Crippen LogP contribution in [0.15, 0.2) is 12.1 Å². The van der Waals surface area contributed by atoms with Gasteiger partial charge in [-0.3, -0.25) is 0 Å². The molecule has 3 nitrogen and oxygen atoms in total. The van der Waals surface area contributed by atoms with E-state index in [9.17, 15) is 5.11 Å². The highest BCUT2D eigenvalue weighted by atomic mass is 79.9. The van der Waals surface area contributed by atoms with Gasteiger partial charge in [-0.2, -0.15) is 0 Å². The van der Waals surface area contributed by atoms with Crippen molar-refractivity contribution in [2.75, 3.05) is 19.0 Å². The van der Waals surface area contributed by atoms with Crippen molar-refractivity contribution >= 4 is 15.9 Å². The molecule has 0 bridgehead atoms. The molecule has 0 saturated carbocycles. The Morgan fingerprint density at radius 3 is 2.88 bits per heavy atom. The molecule has 1 aromatic rings. The molecule has 0 aliphatic carbocycles. The standard InChI is InChI=1S/C13H17BrO3/c1-8-3-4-11(16-2)10-5-9(7-15)17-12(6-14)13(8)10/h3-4,9,12,15H,5-7H2,1-2H3/t9-,12-/m0/s1. The van der Waals surface area contributed by atoms with Gasteiger partial charge < -0.3 is 14.6 Å². The third-order valence-electron chi connectivity index (χ3n) is 3.21. The van der Waals surface area contributed by atoms with E-state index < -0.39 is 0 Å². The Hall–Kier alpha value is -0.580. The van der Waals surface area contributed by atoms with Crippen LogP contribution in [0.2, 0.25) is 0 Å². The van der Waals surface area contributed by atoms with Gasteiger partial charge in [-0.25, -0.2) is 0 Å². The number of fused-ring (bicyclic) bond motifs is 1. The molecule has 1 aromatic carbocycles. The van der Waals surface area contributed by atoms with Gasteiger partial charge in [-0.05, 0) is 24.1 Å². The normalized spacial score (nSPS) is 23.3. The minimum Gasteiger partial charge on any atom is -0.496 e. The van der Waals surface area contributed by atoms with Gasteiger partial charge in [-0.15, -0.1) is 0 Å². The van der Waals surface area contributed by atoms with Gasteiger partial charge in [0.05, 0.1) is 25.9 Å². The van der Waals surface area contributed by atoms with Crippen molar-refractivity contribution in [2.45, 2.75) is 25.6 Å². The number of rotatable bonds is 3. The monoisotopic (exact) mass is 300 g/mol. The molecule has 2 atom stereocenters. The minimum absolute atomic E-state index is 0.00833. The summed E-state index contributed by atoms with van der Waals surface area (Å²) in [6.45, 7) is 2.12. The summed E-state index contributed by atoms with van der Waals surface area (Å²) >= 11 is 3.47. The minimum atomic E-state index is -0.138. The van der Waals surface area contributed by atoms with E-state index in [4.69, 9.17) is 9.47 Å². The van der Waals surface area contributed by atoms with Crippen LogP contribution in [-0.4, -0.2) is 30.3 Å². The summed E-state index contributed by atoms with van der Waals surface area (Å²) in [4.78, 5) is 0. The van der Waals surface area contributed by atoms with Crippen molar-refractivity contribution in [3.8, 4) is 5.75 Å². The molecule has 0 radical (unpaired) electrons. The largest absolute Gasteiger partial charge is 0.496 e. The topological polar surface area (TPSA) is 38.7 Å². The average molecular weight is 301 g/mol. The zero-order chi connectivity index (χ0) is 12.4. The van der Waals surface area contributed by atoms with Crippen LogP contribution in [-0.2, 0) is 11.2 Å².